The Balaban J connectivity index is 1.87. The number of rotatable bonds is 8. The van der Waals surface area contributed by atoms with Crippen molar-refractivity contribution in [2.24, 2.45) is 0 Å². The Bertz CT molecular complexity index is 1060. The van der Waals surface area contributed by atoms with Crippen molar-refractivity contribution in [3.8, 4) is 0 Å². The van der Waals surface area contributed by atoms with Gasteiger partial charge in [-0.15, -0.1) is 0 Å². The van der Waals surface area contributed by atoms with Crippen LogP contribution in [-0.4, -0.2) is 36.6 Å². The highest BCUT2D eigenvalue weighted by atomic mass is 16.1. The molecule has 0 saturated heterocycles. The van der Waals surface area contributed by atoms with Gasteiger partial charge in [0, 0.05) is 47.7 Å². The molecule has 1 aromatic carbocycles. The van der Waals surface area contributed by atoms with Crippen LogP contribution in [0.1, 0.15) is 70.9 Å². The van der Waals surface area contributed by atoms with Crippen LogP contribution in [0.4, 0.5) is 5.69 Å². The van der Waals surface area contributed by atoms with E-state index in [4.69, 9.17) is 0 Å². The SMILES string of the molecule is C=Cc1cc(C(=O)NCc2c(C)cc(C)[nH]c2=O)c(C)c(N(CC)C2CCC(NC)CC2)c1. The molecule has 0 unspecified atom stereocenters. The lowest BCUT2D eigenvalue weighted by Crippen LogP contribution is -2.42. The van der Waals surface area contributed by atoms with Gasteiger partial charge in [-0.3, -0.25) is 9.59 Å². The Kier molecular flexibility index (Phi) is 8.14. The Morgan fingerprint density at radius 3 is 2.45 bits per heavy atom. The second-order valence-corrected chi connectivity index (χ2v) is 9.12. The van der Waals surface area contributed by atoms with Crippen molar-refractivity contribution in [3.63, 3.8) is 0 Å². The van der Waals surface area contributed by atoms with E-state index < -0.39 is 0 Å². The first-order chi connectivity index (χ1) is 15.8. The lowest BCUT2D eigenvalue weighted by Gasteiger charge is -2.39. The van der Waals surface area contributed by atoms with Gasteiger partial charge in [0.2, 0.25) is 0 Å². The molecule has 2 aromatic rings. The number of anilines is 1. The summed E-state index contributed by atoms with van der Waals surface area (Å²) in [6.07, 6.45) is 6.38. The molecule has 1 aliphatic rings. The van der Waals surface area contributed by atoms with Gasteiger partial charge in [0.25, 0.3) is 11.5 Å². The normalized spacial score (nSPS) is 18.1. The van der Waals surface area contributed by atoms with Crippen LogP contribution in [0.15, 0.2) is 29.6 Å². The molecule has 0 radical (unpaired) electrons. The zero-order valence-electron chi connectivity index (χ0n) is 20.7. The number of amides is 1. The van der Waals surface area contributed by atoms with Gasteiger partial charge in [-0.1, -0.05) is 12.7 Å². The zero-order valence-corrected chi connectivity index (χ0v) is 20.7. The lowest BCUT2D eigenvalue weighted by atomic mass is 9.89. The topological polar surface area (TPSA) is 77.2 Å². The van der Waals surface area contributed by atoms with Gasteiger partial charge in [-0.2, -0.15) is 0 Å². The molecule has 1 saturated carbocycles. The van der Waals surface area contributed by atoms with E-state index in [0.29, 0.717) is 23.2 Å². The fraction of sp³-hybridized carbons (Fsp3) is 0.481. The second kappa shape index (κ2) is 10.8. The fourth-order valence-corrected chi connectivity index (χ4v) is 5.04. The second-order valence-electron chi connectivity index (χ2n) is 9.12. The molecule has 3 rings (SSSR count). The highest BCUT2D eigenvalue weighted by Crippen LogP contribution is 2.32. The molecule has 3 N–H and O–H groups in total. The Hall–Kier alpha value is -2.86. The van der Waals surface area contributed by atoms with Gasteiger partial charge in [-0.05, 0) is 95.3 Å². The van der Waals surface area contributed by atoms with Gasteiger partial charge in [0.05, 0.1) is 0 Å². The van der Waals surface area contributed by atoms with E-state index in [1.54, 1.807) is 6.08 Å². The summed E-state index contributed by atoms with van der Waals surface area (Å²) in [6, 6.07) is 7.01. The third-order valence-electron chi connectivity index (χ3n) is 7.00. The predicted octanol–water partition coefficient (Wildman–Crippen LogP) is 4.23. The molecule has 6 heteroatoms. The molecule has 0 bridgehead atoms. The molecule has 178 valence electrons. The number of aromatic amines is 1. The standard InChI is InChI=1S/C27H38N4O2/c1-7-20-14-23(26(32)29-16-24-17(3)13-18(4)30-27(24)33)19(5)25(15-20)31(8-2)22-11-9-21(28-6)10-12-22/h7,13-15,21-22,28H,1,8-12,16H2,2-6H3,(H,29,32)(H,30,33). The molecule has 1 fully saturated rings. The lowest BCUT2D eigenvalue weighted by molar-refractivity contribution is 0.0950. The van der Waals surface area contributed by atoms with Crippen LogP contribution in [0.5, 0.6) is 0 Å². The first-order valence-corrected chi connectivity index (χ1v) is 12.0. The van der Waals surface area contributed by atoms with E-state index in [-0.39, 0.29) is 18.0 Å². The van der Waals surface area contributed by atoms with Gasteiger partial charge in [0.1, 0.15) is 0 Å². The maximum absolute atomic E-state index is 13.2. The summed E-state index contributed by atoms with van der Waals surface area (Å²) in [5.41, 5.74) is 5.74. The number of nitrogens with one attached hydrogen (secondary N) is 3. The largest absolute Gasteiger partial charge is 0.369 e. The molecule has 0 spiro atoms. The molecule has 33 heavy (non-hydrogen) atoms. The number of carbonyl (C=O) groups excluding carboxylic acids is 1. The average Bonchev–Trinajstić information content (AvgIpc) is 2.80. The third kappa shape index (κ3) is 5.56. The highest BCUT2D eigenvalue weighted by molar-refractivity contribution is 5.98. The van der Waals surface area contributed by atoms with Crippen molar-refractivity contribution in [1.29, 1.82) is 0 Å². The minimum absolute atomic E-state index is 0.153. The van der Waals surface area contributed by atoms with E-state index in [2.05, 4.69) is 40.1 Å². The maximum Gasteiger partial charge on any atom is 0.253 e. The van der Waals surface area contributed by atoms with Crippen LogP contribution in [0.3, 0.4) is 0 Å². The quantitative estimate of drug-likeness (QED) is 0.562. The van der Waals surface area contributed by atoms with Crippen LogP contribution in [0, 0.1) is 20.8 Å². The van der Waals surface area contributed by atoms with Crippen LogP contribution in [0.25, 0.3) is 6.08 Å². The average molecular weight is 451 g/mol. The van der Waals surface area contributed by atoms with Crippen LogP contribution < -0.4 is 21.1 Å². The number of H-pyrrole nitrogens is 1. The van der Waals surface area contributed by atoms with E-state index in [0.717, 1.165) is 60.3 Å². The van der Waals surface area contributed by atoms with Crippen molar-refractivity contribution in [2.45, 2.75) is 72.0 Å². The smallest absolute Gasteiger partial charge is 0.253 e. The molecular weight excluding hydrogens is 412 g/mol. The Morgan fingerprint density at radius 1 is 1.18 bits per heavy atom. The fourth-order valence-electron chi connectivity index (χ4n) is 5.04. The summed E-state index contributed by atoms with van der Waals surface area (Å²) in [5, 5.41) is 6.37. The Labute approximate surface area is 197 Å². The monoisotopic (exact) mass is 450 g/mol. The van der Waals surface area contributed by atoms with Crippen molar-refractivity contribution in [3.05, 3.63) is 68.6 Å². The third-order valence-corrected chi connectivity index (χ3v) is 7.00. The van der Waals surface area contributed by atoms with Crippen molar-refractivity contribution in [2.75, 3.05) is 18.5 Å². The van der Waals surface area contributed by atoms with E-state index in [9.17, 15) is 9.59 Å². The molecular formula is C27H38N4O2. The zero-order chi connectivity index (χ0) is 24.1. The molecule has 1 amide bonds. The minimum atomic E-state index is -0.174. The highest BCUT2D eigenvalue weighted by Gasteiger charge is 2.27. The molecule has 0 aliphatic heterocycles. The van der Waals surface area contributed by atoms with Crippen molar-refractivity contribution in [1.82, 2.24) is 15.6 Å². The van der Waals surface area contributed by atoms with Crippen molar-refractivity contribution >= 4 is 17.7 Å². The maximum atomic E-state index is 13.2. The summed E-state index contributed by atoms with van der Waals surface area (Å²) >= 11 is 0. The first-order valence-electron chi connectivity index (χ1n) is 12.0. The molecule has 0 atom stereocenters. The summed E-state index contributed by atoms with van der Waals surface area (Å²) in [6.45, 7) is 13.0. The van der Waals surface area contributed by atoms with Gasteiger partial charge in [0.15, 0.2) is 0 Å². The van der Waals surface area contributed by atoms with Gasteiger partial charge in [-0.25, -0.2) is 0 Å². The molecule has 1 heterocycles. The summed E-state index contributed by atoms with van der Waals surface area (Å²) in [7, 11) is 2.04. The molecule has 1 aliphatic carbocycles. The predicted molar refractivity (Wildman–Crippen MR) is 137 cm³/mol. The summed E-state index contributed by atoms with van der Waals surface area (Å²) < 4.78 is 0. The van der Waals surface area contributed by atoms with E-state index in [1.165, 1.54) is 0 Å². The molecule has 6 nitrogen and oxygen atoms in total. The van der Waals surface area contributed by atoms with E-state index >= 15 is 0 Å². The van der Waals surface area contributed by atoms with Crippen LogP contribution in [0.2, 0.25) is 0 Å². The number of benzene rings is 1. The number of hydrogen-bond acceptors (Lipinski definition) is 4. The Morgan fingerprint density at radius 2 is 1.88 bits per heavy atom. The summed E-state index contributed by atoms with van der Waals surface area (Å²) in [4.78, 5) is 30.8. The van der Waals surface area contributed by atoms with Gasteiger partial charge >= 0.3 is 0 Å². The minimum Gasteiger partial charge on any atom is -0.369 e. The number of nitrogens with zero attached hydrogens (tertiary/aromatic N) is 1. The van der Waals surface area contributed by atoms with Crippen LogP contribution >= 0.6 is 0 Å². The summed E-state index contributed by atoms with van der Waals surface area (Å²) in [5.74, 6) is -0.174. The first kappa shape index (κ1) is 24.8. The van der Waals surface area contributed by atoms with Gasteiger partial charge < -0.3 is 20.5 Å². The number of aryl methyl sites for hydroxylation is 2. The molecule has 1 aromatic heterocycles. The number of hydrogen-bond donors (Lipinski definition) is 3. The van der Waals surface area contributed by atoms with Crippen LogP contribution in [-0.2, 0) is 6.54 Å². The number of pyridine rings is 1. The number of carbonyl (C=O) groups is 1. The number of aromatic nitrogens is 1. The van der Waals surface area contributed by atoms with Crippen molar-refractivity contribution < 1.29 is 4.79 Å². The van der Waals surface area contributed by atoms with E-state index in [1.807, 2.05) is 40.0 Å².